The Morgan fingerprint density at radius 1 is 1.38 bits per heavy atom. The van der Waals surface area contributed by atoms with Gasteiger partial charge in [-0.25, -0.2) is 0 Å². The van der Waals surface area contributed by atoms with Crippen LogP contribution in [0.2, 0.25) is 0 Å². The van der Waals surface area contributed by atoms with Gasteiger partial charge in [0.2, 0.25) is 5.91 Å². The zero-order valence-corrected chi connectivity index (χ0v) is 8.86. The third-order valence-electron chi connectivity index (χ3n) is 2.12. The molecule has 0 aliphatic rings. The third-order valence-corrected chi connectivity index (χ3v) is 2.12. The number of hydrogen-bond donors (Lipinski definition) is 2. The van der Waals surface area contributed by atoms with Crippen LogP contribution in [0.5, 0.6) is 0 Å². The van der Waals surface area contributed by atoms with Crippen molar-refractivity contribution in [3.8, 4) is 0 Å². The van der Waals surface area contributed by atoms with Gasteiger partial charge in [0, 0.05) is 0 Å². The fraction of sp³-hybridized carbons (Fsp3) is 0.300. The van der Waals surface area contributed by atoms with E-state index < -0.39 is 25.2 Å². The second-order valence-electron chi connectivity index (χ2n) is 3.52. The van der Waals surface area contributed by atoms with Gasteiger partial charge in [-0.05, 0) is 12.5 Å². The van der Waals surface area contributed by atoms with Crippen LogP contribution in [0.1, 0.15) is 18.4 Å². The van der Waals surface area contributed by atoms with Gasteiger partial charge in [-0.3, -0.25) is 13.4 Å². The lowest BCUT2D eigenvalue weighted by Gasteiger charge is -2.17. The quantitative estimate of drug-likeness (QED) is 0.756. The summed E-state index contributed by atoms with van der Waals surface area (Å²) in [7, 11) is -2.66. The van der Waals surface area contributed by atoms with Gasteiger partial charge in [-0.1, -0.05) is 30.3 Å². The molecule has 0 aliphatic carbocycles. The van der Waals surface area contributed by atoms with Crippen molar-refractivity contribution in [3.63, 3.8) is 0 Å². The number of halogens is 2. The number of nitrogens with one attached hydrogen (secondary N) is 1. The highest BCUT2D eigenvalue weighted by Crippen LogP contribution is 2.17. The summed E-state index contributed by atoms with van der Waals surface area (Å²) in [5, 5.41) is 2.22. The minimum atomic E-state index is -2.66. The number of amides is 1. The van der Waals surface area contributed by atoms with E-state index in [0.29, 0.717) is 5.56 Å². The number of hydrogen-bond acceptors (Lipinski definition) is 2. The molecule has 1 rings (SSSR count). The van der Waals surface area contributed by atoms with Crippen molar-refractivity contribution in [2.45, 2.75) is 18.9 Å². The molecule has 86 valence electrons. The van der Waals surface area contributed by atoms with E-state index in [1.807, 2.05) is 0 Å². The summed E-state index contributed by atoms with van der Waals surface area (Å²) in [5.74, 6) is -1.89. The third kappa shape index (κ3) is 3.31. The molecule has 0 heterocycles. The maximum atomic E-state index is 12.8. The van der Waals surface area contributed by atoms with Crippen LogP contribution in [-0.4, -0.2) is 19.2 Å². The molecule has 0 spiro atoms. The molecule has 3 nitrogen and oxygen atoms in total. The average molecular weight is 226 g/mol. The Morgan fingerprint density at radius 2 is 1.94 bits per heavy atom. The van der Waals surface area contributed by atoms with E-state index in [-0.39, 0.29) is 0 Å². The van der Waals surface area contributed by atoms with Crippen LogP contribution in [0.3, 0.4) is 0 Å². The van der Waals surface area contributed by atoms with Crippen molar-refractivity contribution in [1.82, 2.24) is 5.32 Å². The Hall–Kier alpha value is -1.43. The van der Waals surface area contributed by atoms with Gasteiger partial charge >= 0.3 is 7.27 Å². The summed E-state index contributed by atoms with van der Waals surface area (Å²) in [6.07, 6.45) is 0. The molecule has 1 aromatic carbocycles. The van der Waals surface area contributed by atoms with E-state index in [9.17, 15) is 13.4 Å². The van der Waals surface area contributed by atoms with Crippen molar-refractivity contribution in [2.24, 2.45) is 5.73 Å². The first-order valence-electron chi connectivity index (χ1n) is 4.91. The molecule has 3 N–H and O–H groups in total. The first-order chi connectivity index (χ1) is 7.52. The van der Waals surface area contributed by atoms with E-state index >= 15 is 0 Å². The summed E-state index contributed by atoms with van der Waals surface area (Å²) >= 11 is 0. The minimum Gasteiger partial charge on any atom is -0.349 e. The molecule has 0 aliphatic heterocycles. The van der Waals surface area contributed by atoms with Crippen LogP contribution in [0, 0.1) is 0 Å². The second-order valence-corrected chi connectivity index (χ2v) is 3.52. The van der Waals surface area contributed by atoms with Crippen LogP contribution in [0.15, 0.2) is 30.3 Å². The zero-order valence-electron chi connectivity index (χ0n) is 8.86. The smallest absolute Gasteiger partial charge is 0.349 e. The average Bonchev–Trinajstić information content (AvgIpc) is 2.26. The minimum absolute atomic E-state index is 0.367. The van der Waals surface area contributed by atoms with Crippen molar-refractivity contribution in [2.75, 3.05) is 0 Å². The van der Waals surface area contributed by atoms with Crippen LogP contribution in [0.4, 0.5) is 8.63 Å². The van der Waals surface area contributed by atoms with Gasteiger partial charge < -0.3 is 11.1 Å². The van der Waals surface area contributed by atoms with Crippen LogP contribution in [0.25, 0.3) is 0 Å². The van der Waals surface area contributed by atoms with Crippen LogP contribution >= 0.6 is 0 Å². The topological polar surface area (TPSA) is 55.1 Å². The molecule has 1 aromatic rings. The first-order valence-corrected chi connectivity index (χ1v) is 4.91. The van der Waals surface area contributed by atoms with Crippen molar-refractivity contribution in [3.05, 3.63) is 35.9 Å². The number of carbonyl (C=O) groups excluding carboxylic acids is 1. The molecule has 2 atom stereocenters. The van der Waals surface area contributed by atoms with Crippen LogP contribution in [-0.2, 0) is 4.79 Å². The molecule has 1 amide bonds. The van der Waals surface area contributed by atoms with Gasteiger partial charge in [-0.15, -0.1) is 0 Å². The number of carbonyl (C=O) groups is 1. The molecule has 6 heteroatoms. The predicted octanol–water partition coefficient (Wildman–Crippen LogP) is 1.16. The summed E-state index contributed by atoms with van der Waals surface area (Å²) in [4.78, 5) is 11.3. The fourth-order valence-electron chi connectivity index (χ4n) is 1.24. The highest BCUT2D eigenvalue weighted by molar-refractivity contribution is 6.45. The largest absolute Gasteiger partial charge is 0.564 e. The first kappa shape index (κ1) is 12.6. The standard InChI is InChI=1S/C10H13BF2N2O/c1-7(14)10(16)15-9(11(12)13)8-5-3-2-4-6-8/h2-7,9H,14H2,1H3,(H,15,16). The monoisotopic (exact) mass is 226 g/mol. The summed E-state index contributed by atoms with van der Waals surface area (Å²) in [5.41, 5.74) is 5.67. The van der Waals surface area contributed by atoms with Gasteiger partial charge in [0.25, 0.3) is 0 Å². The lowest BCUT2D eigenvalue weighted by atomic mass is 9.80. The number of rotatable bonds is 4. The Kier molecular flexibility index (Phi) is 4.43. The fourth-order valence-corrected chi connectivity index (χ4v) is 1.24. The molecule has 0 saturated carbocycles. The maximum absolute atomic E-state index is 12.8. The van der Waals surface area contributed by atoms with Gasteiger partial charge in [0.05, 0.1) is 12.0 Å². The Bertz CT molecular complexity index is 346. The molecular weight excluding hydrogens is 213 g/mol. The normalized spacial score (nSPS) is 14.0. The van der Waals surface area contributed by atoms with E-state index in [1.165, 1.54) is 19.1 Å². The Labute approximate surface area is 93.2 Å². The van der Waals surface area contributed by atoms with Gasteiger partial charge in [0.1, 0.15) is 0 Å². The Balaban J connectivity index is 2.81. The molecule has 0 saturated heterocycles. The summed E-state index contributed by atoms with van der Waals surface area (Å²) in [6, 6.07) is 7.28. The SMILES string of the molecule is CC(N)C(=O)NC(B(F)F)c1ccccc1. The lowest BCUT2D eigenvalue weighted by molar-refractivity contribution is -0.122. The van der Waals surface area contributed by atoms with Crippen molar-refractivity contribution < 1.29 is 13.4 Å². The number of benzene rings is 1. The van der Waals surface area contributed by atoms with E-state index in [0.717, 1.165) is 0 Å². The molecule has 0 fully saturated rings. The molecule has 0 bridgehead atoms. The molecule has 16 heavy (non-hydrogen) atoms. The lowest BCUT2D eigenvalue weighted by Crippen LogP contribution is -2.43. The molecule has 0 radical (unpaired) electrons. The highest BCUT2D eigenvalue weighted by Gasteiger charge is 2.31. The van der Waals surface area contributed by atoms with Crippen molar-refractivity contribution >= 4 is 13.2 Å². The van der Waals surface area contributed by atoms with Gasteiger partial charge in [-0.2, -0.15) is 0 Å². The van der Waals surface area contributed by atoms with Crippen molar-refractivity contribution in [1.29, 1.82) is 0 Å². The maximum Gasteiger partial charge on any atom is 0.564 e. The molecule has 2 unspecified atom stereocenters. The summed E-state index contributed by atoms with van der Waals surface area (Å²) in [6.45, 7) is 1.45. The second kappa shape index (κ2) is 5.60. The van der Waals surface area contributed by atoms with Crippen LogP contribution < -0.4 is 11.1 Å². The van der Waals surface area contributed by atoms with Gasteiger partial charge in [0.15, 0.2) is 0 Å². The Morgan fingerprint density at radius 3 is 2.38 bits per heavy atom. The predicted molar refractivity (Wildman–Crippen MR) is 58.9 cm³/mol. The summed E-state index contributed by atoms with van der Waals surface area (Å²) < 4.78 is 25.5. The van der Waals surface area contributed by atoms with E-state index in [4.69, 9.17) is 5.73 Å². The van der Waals surface area contributed by atoms with E-state index in [1.54, 1.807) is 18.2 Å². The molecular formula is C10H13BF2N2O. The highest BCUT2D eigenvalue weighted by atomic mass is 19.2. The molecule has 0 aromatic heterocycles. The van der Waals surface area contributed by atoms with E-state index in [2.05, 4.69) is 5.32 Å². The number of nitrogens with two attached hydrogens (primary N) is 1. The zero-order chi connectivity index (χ0) is 12.1.